The molecule has 0 aromatic heterocycles. The molecule has 94 valence electrons. The van der Waals surface area contributed by atoms with E-state index in [9.17, 15) is 0 Å². The first-order valence-electron chi connectivity index (χ1n) is 5.70. The van der Waals surface area contributed by atoms with Crippen LogP contribution in [-0.2, 0) is 4.74 Å². The molecule has 3 N–H and O–H groups in total. The summed E-state index contributed by atoms with van der Waals surface area (Å²) >= 11 is 0. The maximum absolute atomic E-state index is 5.78. The molecule has 0 amide bonds. The van der Waals surface area contributed by atoms with Gasteiger partial charge in [-0.05, 0) is 44.0 Å². The van der Waals surface area contributed by atoms with Crippen molar-refractivity contribution in [3.8, 4) is 0 Å². The fourth-order valence-electron chi connectivity index (χ4n) is 1.31. The second-order valence-electron chi connectivity index (χ2n) is 4.20. The fourth-order valence-corrected chi connectivity index (χ4v) is 1.31. The molecule has 0 saturated heterocycles. The normalized spacial score (nSPS) is 13.5. The van der Waals surface area contributed by atoms with Crippen LogP contribution in [0.15, 0.2) is 23.2 Å². The summed E-state index contributed by atoms with van der Waals surface area (Å²) in [6.07, 6.45) is 0.0788. The summed E-state index contributed by atoms with van der Waals surface area (Å²) in [5.41, 5.74) is 9.23. The maximum atomic E-state index is 5.78. The van der Waals surface area contributed by atoms with Crippen LogP contribution in [0.4, 0.5) is 5.69 Å². The number of hydrogen-bond acceptors (Lipinski definition) is 2. The second-order valence-corrected chi connectivity index (χ2v) is 4.20. The smallest absolute Gasteiger partial charge is 0.193 e. The van der Waals surface area contributed by atoms with Gasteiger partial charge in [0.25, 0.3) is 0 Å². The average molecular weight is 235 g/mol. The highest BCUT2D eigenvalue weighted by Crippen LogP contribution is 2.13. The number of nitrogens with zero attached hydrogens (tertiary/aromatic N) is 1. The lowest BCUT2D eigenvalue weighted by molar-refractivity contribution is 0.125. The number of benzene rings is 1. The van der Waals surface area contributed by atoms with E-state index in [-0.39, 0.29) is 6.10 Å². The van der Waals surface area contributed by atoms with Crippen molar-refractivity contribution in [2.75, 3.05) is 19.0 Å². The summed E-state index contributed by atoms with van der Waals surface area (Å²) in [5.74, 6) is 0.414. The van der Waals surface area contributed by atoms with Crippen LogP contribution < -0.4 is 11.1 Å². The fraction of sp³-hybridized carbons (Fsp3) is 0.462. The first-order chi connectivity index (χ1) is 8.02. The molecular weight excluding hydrogens is 214 g/mol. The van der Waals surface area contributed by atoms with Gasteiger partial charge in [0.2, 0.25) is 0 Å². The Morgan fingerprint density at radius 3 is 2.71 bits per heavy atom. The van der Waals surface area contributed by atoms with E-state index in [0.29, 0.717) is 12.5 Å². The molecule has 1 aromatic rings. The van der Waals surface area contributed by atoms with Gasteiger partial charge in [0.15, 0.2) is 5.96 Å². The Balaban J connectivity index is 2.61. The van der Waals surface area contributed by atoms with Gasteiger partial charge in [-0.1, -0.05) is 6.07 Å². The van der Waals surface area contributed by atoms with E-state index in [1.807, 2.05) is 13.0 Å². The third kappa shape index (κ3) is 4.44. The molecule has 17 heavy (non-hydrogen) atoms. The van der Waals surface area contributed by atoms with Crippen LogP contribution in [0, 0.1) is 13.8 Å². The highest BCUT2D eigenvalue weighted by atomic mass is 16.5. The molecule has 0 fully saturated rings. The number of guanidine groups is 1. The minimum absolute atomic E-state index is 0.0788. The number of ether oxygens (including phenoxy) is 1. The number of methoxy groups -OCH3 is 1. The third-order valence-electron chi connectivity index (χ3n) is 2.70. The molecule has 0 spiro atoms. The Hall–Kier alpha value is -1.55. The first kappa shape index (κ1) is 13.5. The summed E-state index contributed by atoms with van der Waals surface area (Å²) in [5, 5.41) is 3.06. The molecule has 1 rings (SSSR count). The maximum Gasteiger partial charge on any atom is 0.193 e. The van der Waals surface area contributed by atoms with Crippen molar-refractivity contribution in [3.63, 3.8) is 0 Å². The molecule has 1 atom stereocenters. The van der Waals surface area contributed by atoms with Gasteiger partial charge in [-0.25, -0.2) is 0 Å². The van der Waals surface area contributed by atoms with Crippen molar-refractivity contribution >= 4 is 11.6 Å². The minimum atomic E-state index is 0.0788. The first-order valence-corrected chi connectivity index (χ1v) is 5.70. The predicted octanol–water partition coefficient (Wildman–Crippen LogP) is 2.06. The highest BCUT2D eigenvalue weighted by molar-refractivity contribution is 5.92. The minimum Gasteiger partial charge on any atom is -0.380 e. The molecule has 0 radical (unpaired) electrons. The third-order valence-corrected chi connectivity index (χ3v) is 2.70. The van der Waals surface area contributed by atoms with E-state index >= 15 is 0 Å². The topological polar surface area (TPSA) is 59.6 Å². The Morgan fingerprint density at radius 2 is 2.12 bits per heavy atom. The lowest BCUT2D eigenvalue weighted by Gasteiger charge is -2.09. The quantitative estimate of drug-likeness (QED) is 0.620. The number of anilines is 1. The number of nitrogens with one attached hydrogen (secondary N) is 1. The Morgan fingerprint density at radius 1 is 1.41 bits per heavy atom. The van der Waals surface area contributed by atoms with E-state index in [2.05, 4.69) is 36.3 Å². The second kappa shape index (κ2) is 6.25. The molecule has 1 aromatic carbocycles. The van der Waals surface area contributed by atoms with Crippen molar-refractivity contribution in [2.24, 2.45) is 10.7 Å². The van der Waals surface area contributed by atoms with Crippen molar-refractivity contribution < 1.29 is 4.74 Å². The van der Waals surface area contributed by atoms with Gasteiger partial charge in [0, 0.05) is 12.8 Å². The Bertz CT molecular complexity index is 402. The highest BCUT2D eigenvalue weighted by Gasteiger charge is 2.00. The van der Waals surface area contributed by atoms with Crippen molar-refractivity contribution in [2.45, 2.75) is 26.9 Å². The van der Waals surface area contributed by atoms with Gasteiger partial charge >= 0.3 is 0 Å². The predicted molar refractivity (Wildman–Crippen MR) is 72.5 cm³/mol. The van der Waals surface area contributed by atoms with Gasteiger partial charge in [0.1, 0.15) is 0 Å². The molecule has 0 aliphatic heterocycles. The summed E-state index contributed by atoms with van der Waals surface area (Å²) in [6.45, 7) is 6.66. The van der Waals surface area contributed by atoms with Gasteiger partial charge in [-0.2, -0.15) is 0 Å². The zero-order valence-electron chi connectivity index (χ0n) is 10.9. The van der Waals surface area contributed by atoms with Crippen LogP contribution in [0.2, 0.25) is 0 Å². The molecule has 0 heterocycles. The van der Waals surface area contributed by atoms with Crippen molar-refractivity contribution in [3.05, 3.63) is 29.3 Å². The van der Waals surface area contributed by atoms with Crippen LogP contribution in [-0.4, -0.2) is 25.7 Å². The van der Waals surface area contributed by atoms with Gasteiger partial charge in [-0.3, -0.25) is 4.99 Å². The molecule has 0 bridgehead atoms. The molecule has 0 aliphatic carbocycles. The van der Waals surface area contributed by atoms with Gasteiger partial charge in [0.05, 0.1) is 12.6 Å². The standard InChI is InChI=1S/C13H21N3O/c1-9-5-6-12(7-10(9)2)16-13(14)15-8-11(3)17-4/h5-7,11H,8H2,1-4H3,(H3,14,15,16)/t11-/m0/s1. The summed E-state index contributed by atoms with van der Waals surface area (Å²) in [7, 11) is 1.66. The Kier molecular flexibility index (Phi) is 4.97. The molecule has 0 unspecified atom stereocenters. The van der Waals surface area contributed by atoms with E-state index < -0.39 is 0 Å². The van der Waals surface area contributed by atoms with Crippen molar-refractivity contribution in [1.29, 1.82) is 0 Å². The van der Waals surface area contributed by atoms with Crippen molar-refractivity contribution in [1.82, 2.24) is 0 Å². The van der Waals surface area contributed by atoms with Crippen LogP contribution in [0.25, 0.3) is 0 Å². The van der Waals surface area contributed by atoms with Crippen LogP contribution >= 0.6 is 0 Å². The van der Waals surface area contributed by atoms with Gasteiger partial charge < -0.3 is 15.8 Å². The summed E-state index contributed by atoms with van der Waals surface area (Å²) in [6, 6.07) is 6.10. The van der Waals surface area contributed by atoms with Crippen LogP contribution in [0.3, 0.4) is 0 Å². The summed E-state index contributed by atoms with van der Waals surface area (Å²) < 4.78 is 5.10. The number of aliphatic imine (C=N–C) groups is 1. The lowest BCUT2D eigenvalue weighted by atomic mass is 10.1. The van der Waals surface area contributed by atoms with E-state index in [1.54, 1.807) is 7.11 Å². The van der Waals surface area contributed by atoms with E-state index in [0.717, 1.165) is 5.69 Å². The SMILES string of the molecule is CO[C@@H](C)CN=C(N)Nc1ccc(C)c(C)c1. The van der Waals surface area contributed by atoms with E-state index in [4.69, 9.17) is 10.5 Å². The largest absolute Gasteiger partial charge is 0.380 e. The number of rotatable bonds is 4. The average Bonchev–Trinajstić information content (AvgIpc) is 2.31. The lowest BCUT2D eigenvalue weighted by Crippen LogP contribution is -2.24. The number of aryl methyl sites for hydroxylation is 2. The van der Waals surface area contributed by atoms with Crippen LogP contribution in [0.1, 0.15) is 18.1 Å². The zero-order chi connectivity index (χ0) is 12.8. The van der Waals surface area contributed by atoms with Crippen LogP contribution in [0.5, 0.6) is 0 Å². The van der Waals surface area contributed by atoms with Gasteiger partial charge in [-0.15, -0.1) is 0 Å². The molecule has 4 heteroatoms. The summed E-state index contributed by atoms with van der Waals surface area (Å²) in [4.78, 5) is 4.20. The monoisotopic (exact) mass is 235 g/mol. The molecule has 4 nitrogen and oxygen atoms in total. The van der Waals surface area contributed by atoms with E-state index in [1.165, 1.54) is 11.1 Å². The molecular formula is C13H21N3O. The zero-order valence-corrected chi connectivity index (χ0v) is 10.9. The number of nitrogens with two attached hydrogens (primary N) is 1. The molecule has 0 saturated carbocycles. The Labute approximate surface area is 103 Å². The molecule has 0 aliphatic rings. The number of hydrogen-bond donors (Lipinski definition) is 2.